The average Bonchev–Trinajstić information content (AvgIpc) is 2.21. The largest absolute Gasteiger partial charge is 0.394 e. The van der Waals surface area contributed by atoms with E-state index in [2.05, 4.69) is 10.6 Å². The first-order chi connectivity index (χ1) is 7.84. The lowest BCUT2D eigenvalue weighted by molar-refractivity contribution is 0.187. The lowest BCUT2D eigenvalue weighted by Crippen LogP contribution is -2.48. The van der Waals surface area contributed by atoms with Crippen LogP contribution in [0.3, 0.4) is 0 Å². The summed E-state index contributed by atoms with van der Waals surface area (Å²) < 4.78 is 13.4. The molecule has 2 amide bonds. The summed E-state index contributed by atoms with van der Waals surface area (Å²) in [5.74, 6) is -0.484. The molecule has 1 rings (SSSR count). The monoisotopic (exact) mass is 240 g/mol. The molecule has 0 radical (unpaired) electrons. The van der Waals surface area contributed by atoms with E-state index >= 15 is 0 Å². The minimum Gasteiger partial charge on any atom is -0.394 e. The molecule has 0 unspecified atom stereocenters. The van der Waals surface area contributed by atoms with Crippen molar-refractivity contribution in [3.63, 3.8) is 0 Å². The van der Waals surface area contributed by atoms with Gasteiger partial charge >= 0.3 is 6.03 Å². The van der Waals surface area contributed by atoms with Gasteiger partial charge in [0.15, 0.2) is 0 Å². The summed E-state index contributed by atoms with van der Waals surface area (Å²) >= 11 is 0. The van der Waals surface area contributed by atoms with Gasteiger partial charge in [-0.3, -0.25) is 0 Å². The highest BCUT2D eigenvalue weighted by Gasteiger charge is 2.19. The number of amides is 2. The van der Waals surface area contributed by atoms with Crippen LogP contribution in [0.25, 0.3) is 0 Å². The second-order valence-electron chi connectivity index (χ2n) is 4.60. The maximum Gasteiger partial charge on any atom is 0.319 e. The van der Waals surface area contributed by atoms with Crippen molar-refractivity contribution < 1.29 is 14.3 Å². The van der Waals surface area contributed by atoms with Crippen LogP contribution >= 0.6 is 0 Å². The Morgan fingerprint density at radius 3 is 2.65 bits per heavy atom. The van der Waals surface area contributed by atoms with E-state index in [1.54, 1.807) is 26.8 Å². The molecule has 0 aliphatic rings. The number of hydrogen-bond donors (Lipinski definition) is 3. The Kier molecular flexibility index (Phi) is 4.07. The summed E-state index contributed by atoms with van der Waals surface area (Å²) in [4.78, 5) is 11.5. The maximum atomic E-state index is 13.4. The van der Waals surface area contributed by atoms with E-state index < -0.39 is 17.4 Å². The normalized spacial score (nSPS) is 11.1. The van der Waals surface area contributed by atoms with Crippen molar-refractivity contribution in [3.05, 3.63) is 29.6 Å². The van der Waals surface area contributed by atoms with E-state index in [9.17, 15) is 9.18 Å². The predicted octanol–water partition coefficient (Wildman–Crippen LogP) is 2.03. The lowest BCUT2D eigenvalue weighted by Gasteiger charge is -2.23. The molecule has 94 valence electrons. The van der Waals surface area contributed by atoms with Crippen LogP contribution < -0.4 is 10.6 Å². The standard InChI is InChI=1S/C12H17FN2O2/c1-8-4-5-10(9(13)6-8)14-11(17)15-12(2,3)7-16/h4-6,16H,7H2,1-3H3,(H2,14,15,17). The van der Waals surface area contributed by atoms with Crippen LogP contribution in [0.2, 0.25) is 0 Å². The molecule has 4 nitrogen and oxygen atoms in total. The number of carbonyl (C=O) groups excluding carboxylic acids is 1. The summed E-state index contributed by atoms with van der Waals surface area (Å²) in [6.45, 7) is 4.90. The fourth-order valence-corrected chi connectivity index (χ4v) is 1.22. The summed E-state index contributed by atoms with van der Waals surface area (Å²) in [5.41, 5.74) is 0.150. The molecule has 1 aromatic carbocycles. The molecule has 5 heteroatoms. The zero-order chi connectivity index (χ0) is 13.1. The van der Waals surface area contributed by atoms with Crippen LogP contribution in [0.15, 0.2) is 18.2 Å². The first-order valence-corrected chi connectivity index (χ1v) is 5.30. The van der Waals surface area contributed by atoms with Crippen LogP contribution in [0, 0.1) is 12.7 Å². The van der Waals surface area contributed by atoms with Crippen molar-refractivity contribution >= 4 is 11.7 Å². The lowest BCUT2D eigenvalue weighted by atomic mass is 10.1. The summed E-state index contributed by atoms with van der Waals surface area (Å²) in [5, 5.41) is 13.9. The van der Waals surface area contributed by atoms with Crippen molar-refractivity contribution in [2.45, 2.75) is 26.3 Å². The van der Waals surface area contributed by atoms with Gasteiger partial charge in [-0.25, -0.2) is 9.18 Å². The Morgan fingerprint density at radius 1 is 1.47 bits per heavy atom. The number of urea groups is 1. The van der Waals surface area contributed by atoms with E-state index in [1.165, 1.54) is 12.1 Å². The minimum atomic E-state index is -0.745. The zero-order valence-corrected chi connectivity index (χ0v) is 10.2. The molecule has 0 aliphatic carbocycles. The molecule has 0 aliphatic heterocycles. The molecule has 3 N–H and O–H groups in total. The number of rotatable bonds is 3. The van der Waals surface area contributed by atoms with Gasteiger partial charge in [-0.1, -0.05) is 6.07 Å². The fourth-order valence-electron chi connectivity index (χ4n) is 1.22. The third-order valence-corrected chi connectivity index (χ3v) is 2.22. The third-order valence-electron chi connectivity index (χ3n) is 2.22. The quantitative estimate of drug-likeness (QED) is 0.757. The second kappa shape index (κ2) is 5.14. The van der Waals surface area contributed by atoms with E-state index in [0.717, 1.165) is 5.56 Å². The van der Waals surface area contributed by atoms with E-state index in [-0.39, 0.29) is 12.3 Å². The molecule has 0 saturated carbocycles. The molecule has 1 aromatic rings. The first-order valence-electron chi connectivity index (χ1n) is 5.30. The third kappa shape index (κ3) is 4.03. The highest BCUT2D eigenvalue weighted by Crippen LogP contribution is 2.15. The molecular weight excluding hydrogens is 223 g/mol. The topological polar surface area (TPSA) is 61.4 Å². The van der Waals surface area contributed by atoms with Gasteiger partial charge in [0, 0.05) is 0 Å². The number of aryl methyl sites for hydroxylation is 1. The zero-order valence-electron chi connectivity index (χ0n) is 10.2. The van der Waals surface area contributed by atoms with Crippen LogP contribution in [-0.4, -0.2) is 23.3 Å². The number of aliphatic hydroxyl groups excluding tert-OH is 1. The number of halogens is 1. The SMILES string of the molecule is Cc1ccc(NC(=O)NC(C)(C)CO)c(F)c1. The van der Waals surface area contributed by atoms with Crippen LogP contribution in [0.4, 0.5) is 14.9 Å². The summed E-state index contributed by atoms with van der Waals surface area (Å²) in [6, 6.07) is 3.99. The minimum absolute atomic E-state index is 0.113. The predicted molar refractivity (Wildman–Crippen MR) is 64.5 cm³/mol. The number of carbonyl (C=O) groups is 1. The van der Waals surface area contributed by atoms with Gasteiger partial charge in [0.25, 0.3) is 0 Å². The molecule has 0 atom stereocenters. The number of anilines is 1. The van der Waals surface area contributed by atoms with Crippen molar-refractivity contribution in [3.8, 4) is 0 Å². The van der Waals surface area contributed by atoms with Gasteiger partial charge in [-0.2, -0.15) is 0 Å². The Bertz CT molecular complexity index is 419. The number of aliphatic hydroxyl groups is 1. The maximum absolute atomic E-state index is 13.4. The Morgan fingerprint density at radius 2 is 2.12 bits per heavy atom. The highest BCUT2D eigenvalue weighted by molar-refractivity contribution is 5.89. The van der Waals surface area contributed by atoms with Gasteiger partial charge in [0.2, 0.25) is 0 Å². The van der Waals surface area contributed by atoms with Gasteiger partial charge in [-0.05, 0) is 38.5 Å². The Balaban J connectivity index is 2.69. The molecule has 0 spiro atoms. The average molecular weight is 240 g/mol. The van der Waals surface area contributed by atoms with Crippen molar-refractivity contribution in [1.29, 1.82) is 0 Å². The summed E-state index contributed by atoms with van der Waals surface area (Å²) in [6.07, 6.45) is 0. The molecule has 17 heavy (non-hydrogen) atoms. The van der Waals surface area contributed by atoms with Crippen LogP contribution in [-0.2, 0) is 0 Å². The number of benzene rings is 1. The molecule has 0 bridgehead atoms. The second-order valence-corrected chi connectivity index (χ2v) is 4.60. The fraction of sp³-hybridized carbons (Fsp3) is 0.417. The highest BCUT2D eigenvalue weighted by atomic mass is 19.1. The number of hydrogen-bond acceptors (Lipinski definition) is 2. The van der Waals surface area contributed by atoms with Crippen molar-refractivity contribution in [1.82, 2.24) is 5.32 Å². The van der Waals surface area contributed by atoms with Gasteiger partial charge in [-0.15, -0.1) is 0 Å². The molecule has 0 fully saturated rings. The van der Waals surface area contributed by atoms with Crippen molar-refractivity contribution in [2.75, 3.05) is 11.9 Å². The molecule has 0 heterocycles. The van der Waals surface area contributed by atoms with Gasteiger partial charge in [0.1, 0.15) is 5.82 Å². The molecule has 0 aromatic heterocycles. The van der Waals surface area contributed by atoms with E-state index in [4.69, 9.17) is 5.11 Å². The smallest absolute Gasteiger partial charge is 0.319 e. The number of nitrogens with one attached hydrogen (secondary N) is 2. The van der Waals surface area contributed by atoms with Crippen LogP contribution in [0.5, 0.6) is 0 Å². The van der Waals surface area contributed by atoms with E-state index in [1.807, 2.05) is 0 Å². The molecule has 0 saturated heterocycles. The van der Waals surface area contributed by atoms with E-state index in [0.29, 0.717) is 0 Å². The van der Waals surface area contributed by atoms with Crippen molar-refractivity contribution in [2.24, 2.45) is 0 Å². The van der Waals surface area contributed by atoms with Gasteiger partial charge < -0.3 is 15.7 Å². The van der Waals surface area contributed by atoms with Gasteiger partial charge in [0.05, 0.1) is 17.8 Å². The summed E-state index contributed by atoms with van der Waals surface area (Å²) in [7, 11) is 0. The van der Waals surface area contributed by atoms with Crippen LogP contribution in [0.1, 0.15) is 19.4 Å². The Labute approximate surface area is 99.8 Å². The first kappa shape index (κ1) is 13.4. The Hall–Kier alpha value is -1.62. The molecular formula is C12H17FN2O2.